The largest absolute Gasteiger partial charge is 0.756 e. The molecule has 0 aromatic heterocycles. The molecule has 1 saturated heterocycles. The van der Waals surface area contributed by atoms with Crippen LogP contribution in [0, 0.1) is 0 Å². The predicted molar refractivity (Wildman–Crippen MR) is 223 cm³/mol. The van der Waals surface area contributed by atoms with Crippen LogP contribution in [0.1, 0.15) is 174 Å². The van der Waals surface area contributed by atoms with E-state index in [0.29, 0.717) is 23.9 Å². The summed E-state index contributed by atoms with van der Waals surface area (Å²) in [6.45, 7) is 4.62. The minimum absolute atomic E-state index is 0.00288. The quantitative estimate of drug-likeness (QED) is 0.0210. The Morgan fingerprint density at radius 2 is 1.30 bits per heavy atom. The first-order valence-electron chi connectivity index (χ1n) is 22.0. The minimum Gasteiger partial charge on any atom is -0.756 e. The van der Waals surface area contributed by atoms with Crippen molar-refractivity contribution in [3.63, 3.8) is 0 Å². The standard InChI is InChI=1S/C44H83N2O7P/c1-6-8-10-12-14-16-18-20-21-22-24-26-28-30-33-41(47)40(39-52-54(49,50)51-38-37-46(3,4)5)45-44(48)36-32-35-43-42(53-43)34-31-29-27-25-23-19-17-15-13-11-9-7-2/h15,17,23,25,29,31,40-43,47H,6-14,16,18-22,24,26-28,30,32-39H2,1-5H3,(H-,45,48,49,50)/b17-15-,25-23-,31-29-/t40-,41+,42?,43?/m0/s1. The van der Waals surface area contributed by atoms with E-state index in [1.54, 1.807) is 0 Å². The number of quaternary nitrogens is 1. The van der Waals surface area contributed by atoms with E-state index < -0.39 is 20.0 Å². The molecule has 9 nitrogen and oxygen atoms in total. The summed E-state index contributed by atoms with van der Waals surface area (Å²) in [6, 6.07) is -0.838. The van der Waals surface area contributed by atoms with Crippen molar-refractivity contribution in [2.24, 2.45) is 0 Å². The van der Waals surface area contributed by atoms with Crippen LogP contribution in [-0.2, 0) is 23.1 Å². The summed E-state index contributed by atoms with van der Waals surface area (Å²) >= 11 is 0. The number of aliphatic hydroxyl groups excluding tert-OH is 1. The molecule has 1 heterocycles. The van der Waals surface area contributed by atoms with Crippen LogP contribution in [0.3, 0.4) is 0 Å². The van der Waals surface area contributed by atoms with Crippen molar-refractivity contribution >= 4 is 13.7 Å². The number of rotatable bonds is 38. The molecule has 1 fully saturated rings. The van der Waals surface area contributed by atoms with Crippen molar-refractivity contribution in [1.29, 1.82) is 0 Å². The Kier molecular flexibility index (Phi) is 30.7. The highest BCUT2D eigenvalue weighted by molar-refractivity contribution is 7.45. The second kappa shape index (κ2) is 32.7. The van der Waals surface area contributed by atoms with E-state index in [2.05, 4.69) is 55.6 Å². The first-order valence-corrected chi connectivity index (χ1v) is 23.4. The van der Waals surface area contributed by atoms with E-state index in [9.17, 15) is 19.4 Å². The van der Waals surface area contributed by atoms with Crippen molar-refractivity contribution in [2.75, 3.05) is 40.9 Å². The average Bonchev–Trinajstić information content (AvgIpc) is 3.87. The van der Waals surface area contributed by atoms with E-state index in [-0.39, 0.29) is 37.7 Å². The number of unbranched alkanes of at least 4 members (excludes halogenated alkanes) is 16. The number of hydrogen-bond acceptors (Lipinski definition) is 7. The first kappa shape index (κ1) is 50.7. The lowest BCUT2D eigenvalue weighted by atomic mass is 10.0. The summed E-state index contributed by atoms with van der Waals surface area (Å²) in [5.74, 6) is -0.227. The van der Waals surface area contributed by atoms with Gasteiger partial charge in [-0.2, -0.15) is 0 Å². The zero-order chi connectivity index (χ0) is 39.8. The minimum atomic E-state index is -4.59. The third-order valence-corrected chi connectivity index (χ3v) is 11.0. The van der Waals surface area contributed by atoms with Gasteiger partial charge in [0, 0.05) is 6.42 Å². The number of likely N-dealkylation sites (N-methyl/N-ethyl adjacent to an activating group) is 1. The Balaban J connectivity index is 2.37. The number of nitrogens with zero attached hydrogens (tertiary/aromatic N) is 1. The number of nitrogens with one attached hydrogen (secondary N) is 1. The van der Waals surface area contributed by atoms with Gasteiger partial charge in [-0.05, 0) is 51.4 Å². The zero-order valence-corrected chi connectivity index (χ0v) is 36.3. The number of hydrogen-bond donors (Lipinski definition) is 2. The number of carbonyl (C=O) groups is 1. The van der Waals surface area contributed by atoms with Crippen molar-refractivity contribution in [1.82, 2.24) is 5.32 Å². The summed E-state index contributed by atoms with van der Waals surface area (Å²) in [6.07, 6.45) is 40.1. The average molecular weight is 783 g/mol. The van der Waals surface area contributed by atoms with Crippen molar-refractivity contribution in [3.8, 4) is 0 Å². The highest BCUT2D eigenvalue weighted by Gasteiger charge is 2.36. The first-order chi connectivity index (χ1) is 26.0. The fourth-order valence-corrected chi connectivity index (χ4v) is 7.14. The molecule has 0 saturated carbocycles. The van der Waals surface area contributed by atoms with Gasteiger partial charge in [0.15, 0.2) is 0 Å². The summed E-state index contributed by atoms with van der Waals surface area (Å²) in [5, 5.41) is 13.9. The van der Waals surface area contributed by atoms with Crippen LogP contribution in [0.2, 0.25) is 0 Å². The Morgan fingerprint density at radius 3 is 1.89 bits per heavy atom. The molecular weight excluding hydrogens is 699 g/mol. The van der Waals surface area contributed by atoms with Gasteiger partial charge in [-0.25, -0.2) is 0 Å². The van der Waals surface area contributed by atoms with Gasteiger partial charge < -0.3 is 33.6 Å². The second-order valence-corrected chi connectivity index (χ2v) is 17.8. The molecule has 2 N–H and O–H groups in total. The number of phosphoric ester groups is 1. The van der Waals surface area contributed by atoms with Gasteiger partial charge >= 0.3 is 0 Å². The normalized spacial score (nSPS) is 18.5. The number of epoxide rings is 1. The highest BCUT2D eigenvalue weighted by Crippen LogP contribution is 2.38. The monoisotopic (exact) mass is 783 g/mol. The topological polar surface area (TPSA) is 120 Å². The van der Waals surface area contributed by atoms with Gasteiger partial charge in [-0.3, -0.25) is 9.36 Å². The van der Waals surface area contributed by atoms with Gasteiger partial charge in [0.1, 0.15) is 13.2 Å². The number of aliphatic hydroxyl groups is 1. The van der Waals surface area contributed by atoms with Crippen LogP contribution in [0.25, 0.3) is 0 Å². The molecule has 10 heteroatoms. The zero-order valence-electron chi connectivity index (χ0n) is 35.4. The SMILES string of the molecule is CCCCC/C=C\C/C=C\C/C=C\CC1OC1CCCC(=O)N[C@@H](COP(=O)([O-])OCC[N+](C)(C)C)[C@H](O)CCCCCCCCCCCCCCCC. The number of carbonyl (C=O) groups excluding carboxylic acids is 1. The van der Waals surface area contributed by atoms with Crippen LogP contribution in [0.4, 0.5) is 0 Å². The smallest absolute Gasteiger partial charge is 0.268 e. The number of amides is 1. The molecule has 316 valence electrons. The predicted octanol–water partition coefficient (Wildman–Crippen LogP) is 10.3. The molecule has 0 bridgehead atoms. The molecule has 54 heavy (non-hydrogen) atoms. The molecule has 0 spiro atoms. The molecule has 0 aromatic carbocycles. The van der Waals surface area contributed by atoms with Crippen molar-refractivity contribution in [2.45, 2.75) is 199 Å². The molecule has 3 unspecified atom stereocenters. The fourth-order valence-electron chi connectivity index (χ4n) is 6.42. The molecule has 1 aliphatic heterocycles. The second-order valence-electron chi connectivity index (χ2n) is 16.4. The Labute approximate surface area is 332 Å². The Morgan fingerprint density at radius 1 is 0.759 bits per heavy atom. The Hall–Kier alpha value is -1.32. The van der Waals surface area contributed by atoms with Gasteiger partial charge in [-0.1, -0.05) is 153 Å². The van der Waals surface area contributed by atoms with Crippen molar-refractivity contribution in [3.05, 3.63) is 36.5 Å². The van der Waals surface area contributed by atoms with Gasteiger partial charge in [-0.15, -0.1) is 0 Å². The molecule has 0 aromatic rings. The molecule has 0 radical (unpaired) electrons. The summed E-state index contributed by atoms with van der Waals surface area (Å²) in [7, 11) is 1.25. The van der Waals surface area contributed by atoms with Gasteiger partial charge in [0.25, 0.3) is 7.82 Å². The lowest BCUT2D eigenvalue weighted by Crippen LogP contribution is -2.46. The molecule has 1 aliphatic rings. The van der Waals surface area contributed by atoms with Crippen LogP contribution < -0.4 is 10.2 Å². The molecule has 5 atom stereocenters. The van der Waals surface area contributed by atoms with Crippen LogP contribution in [-0.4, -0.2) is 80.8 Å². The Bertz CT molecular complexity index is 1040. The van der Waals surface area contributed by atoms with Crippen LogP contribution >= 0.6 is 7.82 Å². The maximum atomic E-state index is 12.9. The van der Waals surface area contributed by atoms with E-state index in [4.69, 9.17) is 13.8 Å². The number of allylic oxidation sites excluding steroid dienone is 5. The molecule has 1 rings (SSSR count). The maximum Gasteiger partial charge on any atom is 0.268 e. The third kappa shape index (κ3) is 31.8. The highest BCUT2D eigenvalue weighted by atomic mass is 31.2. The fraction of sp³-hybridized carbons (Fsp3) is 0.841. The summed E-state index contributed by atoms with van der Waals surface area (Å²) < 4.78 is 29.1. The van der Waals surface area contributed by atoms with E-state index in [0.717, 1.165) is 44.9 Å². The summed E-state index contributed by atoms with van der Waals surface area (Å²) in [5.41, 5.74) is 0. The molecule has 1 amide bonds. The maximum absolute atomic E-state index is 12.9. The third-order valence-electron chi connectivity index (χ3n) is 10.1. The van der Waals surface area contributed by atoms with Crippen LogP contribution in [0.15, 0.2) is 36.5 Å². The van der Waals surface area contributed by atoms with Gasteiger partial charge in [0.05, 0.1) is 52.1 Å². The van der Waals surface area contributed by atoms with E-state index >= 15 is 0 Å². The molecular formula is C44H83N2O7P. The molecule has 0 aliphatic carbocycles. The summed E-state index contributed by atoms with van der Waals surface area (Å²) in [4.78, 5) is 25.4. The van der Waals surface area contributed by atoms with Crippen LogP contribution in [0.5, 0.6) is 0 Å². The van der Waals surface area contributed by atoms with E-state index in [1.807, 2.05) is 21.1 Å². The lowest BCUT2D eigenvalue weighted by Gasteiger charge is -2.30. The van der Waals surface area contributed by atoms with E-state index in [1.165, 1.54) is 96.3 Å². The number of ether oxygens (including phenoxy) is 1. The number of phosphoric acid groups is 1. The van der Waals surface area contributed by atoms with Gasteiger partial charge in [0.2, 0.25) is 5.91 Å². The van der Waals surface area contributed by atoms with Crippen molar-refractivity contribution < 1.29 is 37.6 Å². The lowest BCUT2D eigenvalue weighted by molar-refractivity contribution is -0.870.